The Morgan fingerprint density at radius 1 is 0.941 bits per heavy atom. The third kappa shape index (κ3) is 5.02. The first kappa shape index (κ1) is 24.0. The Kier molecular flexibility index (Phi) is 6.80. The smallest absolute Gasteiger partial charge is 0.343 e. The Balaban J connectivity index is 1.41. The molecule has 0 saturated heterocycles. The standard InChI is InChI=1S/C27H29ClN2O4/c1-27(2,3)18-11-15-21(16-12-18)34-26(33)17-9-13-19(14-10-17)29-23-22(28)24(31)30(25(23)32)20-7-5-4-6-8-20/h9-16,20,29H,4-8H2,1-3H3. The van der Waals surface area contributed by atoms with Gasteiger partial charge in [-0.1, -0.05) is 63.8 Å². The number of anilines is 1. The lowest BCUT2D eigenvalue weighted by Gasteiger charge is -2.29. The highest BCUT2D eigenvalue weighted by Gasteiger charge is 2.42. The molecule has 34 heavy (non-hydrogen) atoms. The normalized spacial score (nSPS) is 17.4. The highest BCUT2D eigenvalue weighted by atomic mass is 35.5. The van der Waals surface area contributed by atoms with Crippen LogP contribution in [0, 0.1) is 0 Å². The quantitative estimate of drug-likeness (QED) is 0.334. The van der Waals surface area contributed by atoms with Crippen LogP contribution in [0.4, 0.5) is 5.69 Å². The summed E-state index contributed by atoms with van der Waals surface area (Å²) in [6.45, 7) is 6.36. The zero-order valence-electron chi connectivity index (χ0n) is 19.7. The van der Waals surface area contributed by atoms with Crippen LogP contribution in [0.25, 0.3) is 0 Å². The fraction of sp³-hybridized carbons (Fsp3) is 0.370. The van der Waals surface area contributed by atoms with Crippen LogP contribution in [0.3, 0.4) is 0 Å². The molecule has 178 valence electrons. The van der Waals surface area contributed by atoms with Crippen molar-refractivity contribution in [3.05, 3.63) is 70.4 Å². The second-order valence-corrected chi connectivity index (χ2v) is 10.2. The van der Waals surface area contributed by atoms with Crippen molar-refractivity contribution >= 4 is 35.1 Å². The van der Waals surface area contributed by atoms with E-state index in [2.05, 4.69) is 26.1 Å². The average molecular weight is 481 g/mol. The summed E-state index contributed by atoms with van der Waals surface area (Å²) in [5, 5.41) is 2.86. The molecule has 4 rings (SSSR count). The first-order valence-electron chi connectivity index (χ1n) is 11.6. The molecule has 0 aromatic heterocycles. The van der Waals surface area contributed by atoms with Gasteiger partial charge in [0.05, 0.1) is 5.56 Å². The molecule has 0 spiro atoms. The van der Waals surface area contributed by atoms with E-state index in [9.17, 15) is 14.4 Å². The number of hydrogen-bond acceptors (Lipinski definition) is 5. The summed E-state index contributed by atoms with van der Waals surface area (Å²) >= 11 is 6.23. The number of ether oxygens (including phenoxy) is 1. The van der Waals surface area contributed by atoms with Gasteiger partial charge >= 0.3 is 5.97 Å². The fourth-order valence-corrected chi connectivity index (χ4v) is 4.54. The number of benzene rings is 2. The van der Waals surface area contributed by atoms with E-state index in [0.29, 0.717) is 17.0 Å². The highest BCUT2D eigenvalue weighted by Crippen LogP contribution is 2.32. The summed E-state index contributed by atoms with van der Waals surface area (Å²) in [5.41, 5.74) is 2.15. The van der Waals surface area contributed by atoms with Gasteiger partial charge in [0.15, 0.2) is 0 Å². The molecule has 2 aromatic carbocycles. The number of nitrogens with one attached hydrogen (secondary N) is 1. The van der Waals surface area contributed by atoms with Crippen molar-refractivity contribution in [3.63, 3.8) is 0 Å². The minimum absolute atomic E-state index is 0.0163. The maximum atomic E-state index is 12.9. The van der Waals surface area contributed by atoms with E-state index in [1.807, 2.05) is 12.1 Å². The number of carbonyl (C=O) groups is 3. The summed E-state index contributed by atoms with van der Waals surface area (Å²) in [7, 11) is 0. The molecule has 1 N–H and O–H groups in total. The van der Waals surface area contributed by atoms with Gasteiger partial charge in [0, 0.05) is 11.7 Å². The van der Waals surface area contributed by atoms with Gasteiger partial charge in [-0.2, -0.15) is 0 Å². The van der Waals surface area contributed by atoms with Gasteiger partial charge in [0.2, 0.25) is 0 Å². The molecular weight excluding hydrogens is 452 g/mol. The molecule has 1 heterocycles. The number of nitrogens with zero attached hydrogens (tertiary/aromatic N) is 1. The molecule has 2 aliphatic rings. The molecule has 1 aliphatic carbocycles. The lowest BCUT2D eigenvalue weighted by Crippen LogP contribution is -2.42. The van der Waals surface area contributed by atoms with Gasteiger partial charge in [0.1, 0.15) is 16.5 Å². The third-order valence-electron chi connectivity index (χ3n) is 6.32. The number of halogens is 1. The molecular formula is C27H29ClN2O4. The van der Waals surface area contributed by atoms with Crippen LogP contribution < -0.4 is 10.1 Å². The van der Waals surface area contributed by atoms with E-state index in [4.69, 9.17) is 16.3 Å². The topological polar surface area (TPSA) is 75.7 Å². The molecule has 1 saturated carbocycles. The SMILES string of the molecule is CC(C)(C)c1ccc(OC(=O)c2ccc(NC3=C(Cl)C(=O)N(C4CCCCC4)C3=O)cc2)cc1. The fourth-order valence-electron chi connectivity index (χ4n) is 4.32. The summed E-state index contributed by atoms with van der Waals surface area (Å²) in [5.74, 6) is -0.860. The van der Waals surface area contributed by atoms with Crippen LogP contribution in [0.2, 0.25) is 0 Å². The Morgan fingerprint density at radius 2 is 1.56 bits per heavy atom. The number of amides is 2. The van der Waals surface area contributed by atoms with Crippen molar-refractivity contribution in [1.29, 1.82) is 0 Å². The minimum Gasteiger partial charge on any atom is -0.423 e. The summed E-state index contributed by atoms with van der Waals surface area (Å²) < 4.78 is 5.48. The maximum absolute atomic E-state index is 12.9. The summed E-state index contributed by atoms with van der Waals surface area (Å²) in [6.07, 6.45) is 4.74. The molecule has 0 radical (unpaired) electrons. The second-order valence-electron chi connectivity index (χ2n) is 9.83. The van der Waals surface area contributed by atoms with Gasteiger partial charge in [-0.3, -0.25) is 14.5 Å². The molecule has 7 heteroatoms. The predicted octanol–water partition coefficient (Wildman–Crippen LogP) is 5.77. The van der Waals surface area contributed by atoms with Crippen LogP contribution in [0.5, 0.6) is 5.75 Å². The van der Waals surface area contributed by atoms with Crippen molar-refractivity contribution in [2.24, 2.45) is 0 Å². The summed E-state index contributed by atoms with van der Waals surface area (Å²) in [4.78, 5) is 39.4. The van der Waals surface area contributed by atoms with Gasteiger partial charge in [-0.15, -0.1) is 0 Å². The number of carbonyl (C=O) groups excluding carboxylic acids is 3. The van der Waals surface area contributed by atoms with E-state index < -0.39 is 17.8 Å². The molecule has 0 unspecified atom stereocenters. The van der Waals surface area contributed by atoms with Gasteiger partial charge < -0.3 is 10.1 Å². The van der Waals surface area contributed by atoms with Gasteiger partial charge in [-0.25, -0.2) is 4.79 Å². The number of rotatable bonds is 5. The van der Waals surface area contributed by atoms with Gasteiger partial charge in [0.25, 0.3) is 11.8 Å². The average Bonchev–Trinajstić information content (AvgIpc) is 3.03. The minimum atomic E-state index is -0.483. The molecule has 0 bridgehead atoms. The Morgan fingerprint density at radius 3 is 2.15 bits per heavy atom. The van der Waals surface area contributed by atoms with E-state index >= 15 is 0 Å². The molecule has 1 fully saturated rings. The first-order chi connectivity index (χ1) is 16.1. The molecule has 0 atom stereocenters. The van der Waals surface area contributed by atoms with Crippen molar-refractivity contribution in [3.8, 4) is 5.75 Å². The Hall–Kier alpha value is -3.12. The first-order valence-corrected chi connectivity index (χ1v) is 12.0. The van der Waals surface area contributed by atoms with E-state index in [1.54, 1.807) is 36.4 Å². The van der Waals surface area contributed by atoms with E-state index in [0.717, 1.165) is 37.7 Å². The van der Waals surface area contributed by atoms with Crippen molar-refractivity contribution in [2.45, 2.75) is 64.3 Å². The van der Waals surface area contributed by atoms with Crippen molar-refractivity contribution in [2.75, 3.05) is 5.32 Å². The monoisotopic (exact) mass is 480 g/mol. The van der Waals surface area contributed by atoms with E-state index in [1.165, 1.54) is 4.90 Å². The van der Waals surface area contributed by atoms with E-state index in [-0.39, 0.29) is 22.2 Å². The lowest BCUT2D eigenvalue weighted by molar-refractivity contribution is -0.140. The zero-order valence-corrected chi connectivity index (χ0v) is 20.4. The van der Waals surface area contributed by atoms with Crippen LogP contribution in [0.15, 0.2) is 59.3 Å². The zero-order chi connectivity index (χ0) is 24.5. The van der Waals surface area contributed by atoms with Crippen LogP contribution in [0.1, 0.15) is 68.8 Å². The van der Waals surface area contributed by atoms with Crippen molar-refractivity contribution < 1.29 is 19.1 Å². The Labute approximate surface area is 204 Å². The Bertz CT molecular complexity index is 1120. The molecule has 6 nitrogen and oxygen atoms in total. The van der Waals surface area contributed by atoms with Crippen LogP contribution >= 0.6 is 11.6 Å². The third-order valence-corrected chi connectivity index (χ3v) is 6.67. The lowest BCUT2D eigenvalue weighted by atomic mass is 9.87. The number of hydrogen-bond donors (Lipinski definition) is 1. The number of imide groups is 1. The highest BCUT2D eigenvalue weighted by molar-refractivity contribution is 6.48. The van der Waals surface area contributed by atoms with Crippen LogP contribution in [-0.4, -0.2) is 28.7 Å². The second kappa shape index (κ2) is 9.63. The van der Waals surface area contributed by atoms with Crippen LogP contribution in [-0.2, 0) is 15.0 Å². The van der Waals surface area contributed by atoms with Gasteiger partial charge in [-0.05, 0) is 60.2 Å². The molecule has 1 aliphatic heterocycles. The molecule has 2 amide bonds. The molecule has 2 aromatic rings. The largest absolute Gasteiger partial charge is 0.423 e. The maximum Gasteiger partial charge on any atom is 0.343 e. The van der Waals surface area contributed by atoms with Crippen molar-refractivity contribution in [1.82, 2.24) is 4.90 Å². The number of esters is 1. The predicted molar refractivity (Wildman–Crippen MR) is 132 cm³/mol. The summed E-state index contributed by atoms with van der Waals surface area (Å²) in [6, 6.07) is 13.9.